The summed E-state index contributed by atoms with van der Waals surface area (Å²) in [6.45, 7) is 10.4. The van der Waals surface area contributed by atoms with Crippen molar-refractivity contribution < 1.29 is 9.57 Å². The zero-order valence-electron chi connectivity index (χ0n) is 17.0. The molecule has 1 aliphatic rings. The lowest BCUT2D eigenvalue weighted by molar-refractivity contribution is 0.157. The molecule has 5 nitrogen and oxygen atoms in total. The molecule has 2 aromatic carbocycles. The van der Waals surface area contributed by atoms with Crippen LogP contribution in [0.15, 0.2) is 59.8 Å². The number of para-hydroxylation sites is 2. The number of oxime groups is 1. The van der Waals surface area contributed by atoms with Crippen molar-refractivity contribution in [2.24, 2.45) is 5.16 Å². The highest BCUT2D eigenvalue weighted by molar-refractivity contribution is 6.00. The van der Waals surface area contributed by atoms with Crippen LogP contribution >= 0.6 is 0 Å². The number of hydrogen-bond donors (Lipinski definition) is 0. The first kappa shape index (κ1) is 20.2. The third kappa shape index (κ3) is 5.49. The number of piperazine rings is 1. The van der Waals surface area contributed by atoms with Crippen LogP contribution in [0.4, 0.5) is 5.69 Å². The summed E-state index contributed by atoms with van der Waals surface area (Å²) < 4.78 is 5.80. The van der Waals surface area contributed by atoms with Crippen molar-refractivity contribution in [3.8, 4) is 5.75 Å². The Morgan fingerprint density at radius 2 is 1.61 bits per heavy atom. The van der Waals surface area contributed by atoms with Gasteiger partial charge >= 0.3 is 0 Å². The van der Waals surface area contributed by atoms with Crippen molar-refractivity contribution in [3.05, 3.63) is 60.2 Å². The maximum atomic E-state index is 5.80. The van der Waals surface area contributed by atoms with E-state index in [1.807, 2.05) is 38.1 Å². The standard InChI is InChI=1S/C23H31N3O2/c1-3-27-23-13-9-8-12-22(23)26-18-16-25(17-19-26)15-14-21(24-28-4-2)20-10-6-5-7-11-20/h5-13H,3-4,14-19H2,1-2H3/b24-21-. The largest absolute Gasteiger partial charge is 0.492 e. The third-order valence-electron chi connectivity index (χ3n) is 4.95. The van der Waals surface area contributed by atoms with Crippen molar-refractivity contribution in [3.63, 3.8) is 0 Å². The van der Waals surface area contributed by atoms with Crippen LogP contribution < -0.4 is 9.64 Å². The van der Waals surface area contributed by atoms with Crippen molar-refractivity contribution in [2.45, 2.75) is 20.3 Å². The highest BCUT2D eigenvalue weighted by Crippen LogP contribution is 2.28. The Morgan fingerprint density at radius 1 is 0.893 bits per heavy atom. The Bertz CT molecular complexity index is 741. The topological polar surface area (TPSA) is 37.3 Å². The molecule has 0 bridgehead atoms. The second-order valence-electron chi connectivity index (χ2n) is 6.80. The zero-order valence-corrected chi connectivity index (χ0v) is 17.0. The maximum absolute atomic E-state index is 5.80. The summed E-state index contributed by atoms with van der Waals surface area (Å²) in [5.74, 6) is 0.980. The van der Waals surface area contributed by atoms with Gasteiger partial charge in [0.2, 0.25) is 0 Å². The molecule has 0 aromatic heterocycles. The second-order valence-corrected chi connectivity index (χ2v) is 6.80. The van der Waals surface area contributed by atoms with E-state index in [9.17, 15) is 0 Å². The fourth-order valence-electron chi connectivity index (χ4n) is 3.49. The molecule has 1 heterocycles. The van der Waals surface area contributed by atoms with E-state index in [4.69, 9.17) is 9.57 Å². The first-order chi connectivity index (χ1) is 13.8. The van der Waals surface area contributed by atoms with Crippen LogP contribution in [0, 0.1) is 0 Å². The van der Waals surface area contributed by atoms with E-state index in [1.54, 1.807) is 0 Å². The zero-order chi connectivity index (χ0) is 19.6. The number of rotatable bonds is 9. The lowest BCUT2D eigenvalue weighted by atomic mass is 10.1. The first-order valence-corrected chi connectivity index (χ1v) is 10.2. The quantitative estimate of drug-likeness (QED) is 0.485. The van der Waals surface area contributed by atoms with E-state index in [-0.39, 0.29) is 0 Å². The lowest BCUT2D eigenvalue weighted by Gasteiger charge is -2.36. The smallest absolute Gasteiger partial charge is 0.142 e. The number of ether oxygens (including phenoxy) is 1. The fraction of sp³-hybridized carbons (Fsp3) is 0.435. The van der Waals surface area contributed by atoms with E-state index in [1.165, 1.54) is 5.69 Å². The Labute approximate surface area is 168 Å². The summed E-state index contributed by atoms with van der Waals surface area (Å²) in [6.07, 6.45) is 0.888. The van der Waals surface area contributed by atoms with E-state index in [0.717, 1.165) is 56.2 Å². The Hall–Kier alpha value is -2.53. The minimum atomic E-state index is 0.592. The van der Waals surface area contributed by atoms with Gasteiger partial charge in [-0.1, -0.05) is 47.6 Å². The Morgan fingerprint density at radius 3 is 2.32 bits per heavy atom. The van der Waals surface area contributed by atoms with E-state index in [0.29, 0.717) is 13.2 Å². The van der Waals surface area contributed by atoms with Crippen LogP contribution in [0.1, 0.15) is 25.8 Å². The van der Waals surface area contributed by atoms with E-state index < -0.39 is 0 Å². The van der Waals surface area contributed by atoms with Gasteiger partial charge in [0.05, 0.1) is 18.0 Å². The monoisotopic (exact) mass is 381 g/mol. The molecule has 1 fully saturated rings. The second kappa shape index (κ2) is 10.7. The Kier molecular flexibility index (Phi) is 7.73. The van der Waals surface area contributed by atoms with Crippen LogP contribution in [0.25, 0.3) is 0 Å². The van der Waals surface area contributed by atoms with Gasteiger partial charge in [-0.25, -0.2) is 0 Å². The molecule has 0 aliphatic carbocycles. The molecule has 150 valence electrons. The van der Waals surface area contributed by atoms with Crippen molar-refractivity contribution in [2.75, 3.05) is 50.8 Å². The Balaban J connectivity index is 1.55. The molecule has 0 spiro atoms. The molecule has 1 aliphatic heterocycles. The number of nitrogens with zero attached hydrogens (tertiary/aromatic N) is 3. The molecule has 2 aromatic rings. The average molecular weight is 382 g/mol. The number of hydrogen-bond acceptors (Lipinski definition) is 5. The minimum Gasteiger partial charge on any atom is -0.492 e. The normalized spacial score (nSPS) is 15.5. The van der Waals surface area contributed by atoms with Crippen LogP contribution in [-0.2, 0) is 4.84 Å². The molecular formula is C23H31N3O2. The van der Waals surface area contributed by atoms with Crippen LogP contribution in [-0.4, -0.2) is 56.5 Å². The molecule has 0 unspecified atom stereocenters. The summed E-state index contributed by atoms with van der Waals surface area (Å²) in [6, 6.07) is 18.7. The summed E-state index contributed by atoms with van der Waals surface area (Å²) in [7, 11) is 0. The maximum Gasteiger partial charge on any atom is 0.142 e. The van der Waals surface area contributed by atoms with Crippen LogP contribution in [0.2, 0.25) is 0 Å². The van der Waals surface area contributed by atoms with Gasteiger partial charge in [-0.3, -0.25) is 4.90 Å². The number of benzene rings is 2. The minimum absolute atomic E-state index is 0.592. The molecule has 3 rings (SSSR count). The molecule has 0 atom stereocenters. The summed E-state index contributed by atoms with van der Waals surface area (Å²) in [5, 5.41) is 4.35. The lowest BCUT2D eigenvalue weighted by Crippen LogP contribution is -2.47. The van der Waals surface area contributed by atoms with Gasteiger partial charge in [0.15, 0.2) is 0 Å². The molecule has 5 heteroatoms. The van der Waals surface area contributed by atoms with Gasteiger partial charge in [-0.15, -0.1) is 0 Å². The molecule has 0 radical (unpaired) electrons. The summed E-state index contributed by atoms with van der Waals surface area (Å²) in [5.41, 5.74) is 3.36. The van der Waals surface area contributed by atoms with Crippen LogP contribution in [0.5, 0.6) is 5.75 Å². The molecule has 28 heavy (non-hydrogen) atoms. The van der Waals surface area contributed by atoms with Gasteiger partial charge in [-0.2, -0.15) is 0 Å². The predicted octanol–water partition coefficient (Wildman–Crippen LogP) is 4.04. The van der Waals surface area contributed by atoms with Gasteiger partial charge < -0.3 is 14.5 Å². The average Bonchev–Trinajstić information content (AvgIpc) is 2.76. The first-order valence-electron chi connectivity index (χ1n) is 10.2. The van der Waals surface area contributed by atoms with Crippen molar-refractivity contribution in [1.82, 2.24) is 4.90 Å². The predicted molar refractivity (Wildman–Crippen MR) is 115 cm³/mol. The molecule has 0 saturated carbocycles. The van der Waals surface area contributed by atoms with Crippen molar-refractivity contribution >= 4 is 11.4 Å². The molecule has 0 N–H and O–H groups in total. The third-order valence-corrected chi connectivity index (χ3v) is 4.95. The van der Waals surface area contributed by atoms with Gasteiger partial charge in [-0.05, 0) is 31.5 Å². The van der Waals surface area contributed by atoms with Gasteiger partial charge in [0, 0.05) is 39.1 Å². The van der Waals surface area contributed by atoms with Crippen molar-refractivity contribution in [1.29, 1.82) is 0 Å². The SMILES string of the molecule is CCO/N=C(/CCN1CCN(c2ccccc2OCC)CC1)c1ccccc1. The van der Waals surface area contributed by atoms with Gasteiger partial charge in [0.1, 0.15) is 12.4 Å². The summed E-state index contributed by atoms with van der Waals surface area (Å²) >= 11 is 0. The fourth-order valence-corrected chi connectivity index (χ4v) is 3.49. The number of anilines is 1. The highest BCUT2D eigenvalue weighted by atomic mass is 16.6. The molecule has 0 amide bonds. The summed E-state index contributed by atoms with van der Waals surface area (Å²) in [4.78, 5) is 10.3. The highest BCUT2D eigenvalue weighted by Gasteiger charge is 2.20. The molecular weight excluding hydrogens is 350 g/mol. The van der Waals surface area contributed by atoms with Gasteiger partial charge in [0.25, 0.3) is 0 Å². The molecule has 1 saturated heterocycles. The van der Waals surface area contributed by atoms with Crippen LogP contribution in [0.3, 0.4) is 0 Å². The van der Waals surface area contributed by atoms with E-state index in [2.05, 4.69) is 45.3 Å². The van der Waals surface area contributed by atoms with E-state index >= 15 is 0 Å².